The Hall–Kier alpha value is -2.07. The van der Waals surface area contributed by atoms with Gasteiger partial charge in [0.15, 0.2) is 22.2 Å². The highest BCUT2D eigenvalue weighted by molar-refractivity contribution is 8.14. The third kappa shape index (κ3) is 5.67. The van der Waals surface area contributed by atoms with Crippen LogP contribution in [-0.4, -0.2) is 74.2 Å². The van der Waals surface area contributed by atoms with Gasteiger partial charge in [-0.2, -0.15) is 0 Å². The number of carbonyl (C=O) groups is 2. The summed E-state index contributed by atoms with van der Waals surface area (Å²) in [5.74, 6) is 0.516. The SMILES string of the molecule is CC1=C[C@@]23CCCN2CCc2cc4c(cc2[C@@H]3C1OC(=O)[C@](O)(CCCC(C)(C)O)CC(=O)SC(C)C)OCO4. The molecule has 0 radical (unpaired) electrons. The number of hydrogen-bond donors (Lipinski definition) is 2. The minimum absolute atomic E-state index is 0.0346. The lowest BCUT2D eigenvalue weighted by atomic mass is 9.77. The van der Waals surface area contributed by atoms with Gasteiger partial charge >= 0.3 is 5.97 Å². The summed E-state index contributed by atoms with van der Waals surface area (Å²) in [6.07, 6.45) is 5.03. The van der Waals surface area contributed by atoms with Crippen LogP contribution in [0.25, 0.3) is 0 Å². The lowest BCUT2D eigenvalue weighted by molar-refractivity contribution is -0.173. The third-order valence-corrected chi connectivity index (χ3v) is 9.66. The Labute approximate surface area is 241 Å². The maximum Gasteiger partial charge on any atom is 0.339 e. The van der Waals surface area contributed by atoms with Gasteiger partial charge in [-0.1, -0.05) is 31.7 Å². The molecule has 1 aliphatic carbocycles. The van der Waals surface area contributed by atoms with Gasteiger partial charge in [-0.05, 0) is 94.7 Å². The summed E-state index contributed by atoms with van der Waals surface area (Å²) in [7, 11) is 0. The molecule has 3 aliphatic heterocycles. The van der Waals surface area contributed by atoms with Gasteiger partial charge < -0.3 is 24.4 Å². The van der Waals surface area contributed by atoms with Crippen LogP contribution in [0.1, 0.15) is 90.2 Å². The highest BCUT2D eigenvalue weighted by atomic mass is 32.2. The van der Waals surface area contributed by atoms with Crippen LogP contribution in [0, 0.1) is 0 Å². The first-order chi connectivity index (χ1) is 18.8. The predicted molar refractivity (Wildman–Crippen MR) is 154 cm³/mol. The van der Waals surface area contributed by atoms with Crippen molar-refractivity contribution in [3.8, 4) is 11.5 Å². The van der Waals surface area contributed by atoms with Crippen molar-refractivity contribution in [3.63, 3.8) is 0 Å². The van der Waals surface area contributed by atoms with Crippen molar-refractivity contribution in [2.75, 3.05) is 19.9 Å². The number of aliphatic hydroxyl groups is 2. The number of benzene rings is 1. The van der Waals surface area contributed by atoms with Gasteiger partial charge in [0.05, 0.1) is 17.6 Å². The maximum absolute atomic E-state index is 13.9. The molecule has 220 valence electrons. The van der Waals surface area contributed by atoms with E-state index in [4.69, 9.17) is 14.2 Å². The highest BCUT2D eigenvalue weighted by Crippen LogP contribution is 2.55. The molecule has 3 heterocycles. The average Bonchev–Trinajstić information content (AvgIpc) is 3.51. The molecule has 8 nitrogen and oxygen atoms in total. The topological polar surface area (TPSA) is 106 Å². The van der Waals surface area contributed by atoms with Crippen molar-refractivity contribution >= 4 is 22.8 Å². The fourth-order valence-corrected chi connectivity index (χ4v) is 7.89. The predicted octanol–water partition coefficient (Wildman–Crippen LogP) is 4.49. The second-order valence-electron chi connectivity index (χ2n) is 12.8. The zero-order valence-electron chi connectivity index (χ0n) is 24.3. The van der Waals surface area contributed by atoms with Crippen LogP contribution in [-0.2, 0) is 20.7 Å². The number of nitrogens with zero attached hydrogens (tertiary/aromatic N) is 1. The normalized spacial score (nSPS) is 26.9. The van der Waals surface area contributed by atoms with E-state index in [0.29, 0.717) is 18.6 Å². The molecule has 0 aromatic heterocycles. The summed E-state index contributed by atoms with van der Waals surface area (Å²) < 4.78 is 17.7. The Bertz CT molecular complexity index is 1190. The molecule has 0 bridgehead atoms. The van der Waals surface area contributed by atoms with Gasteiger partial charge in [-0.15, -0.1) is 0 Å². The first-order valence-corrected chi connectivity index (χ1v) is 15.4. The molecule has 1 aromatic rings. The summed E-state index contributed by atoms with van der Waals surface area (Å²) in [5.41, 5.74) is 0.0138. The molecular weight excluding hydrogens is 530 g/mol. The van der Waals surface area contributed by atoms with Crippen LogP contribution in [0.4, 0.5) is 0 Å². The van der Waals surface area contributed by atoms with Crippen molar-refractivity contribution in [2.24, 2.45) is 0 Å². The fourth-order valence-electron chi connectivity index (χ4n) is 7.05. The molecular formula is C31H43NO7S. The van der Waals surface area contributed by atoms with Gasteiger partial charge in [0.25, 0.3) is 0 Å². The smallest absolute Gasteiger partial charge is 0.339 e. The summed E-state index contributed by atoms with van der Waals surface area (Å²) in [4.78, 5) is 29.3. The van der Waals surface area contributed by atoms with Crippen molar-refractivity contribution in [2.45, 2.75) is 114 Å². The van der Waals surface area contributed by atoms with E-state index in [2.05, 4.69) is 23.1 Å². The monoisotopic (exact) mass is 573 g/mol. The van der Waals surface area contributed by atoms with Gasteiger partial charge in [-0.25, -0.2) is 4.79 Å². The number of hydrogen-bond acceptors (Lipinski definition) is 9. The second kappa shape index (κ2) is 11.0. The summed E-state index contributed by atoms with van der Waals surface area (Å²) >= 11 is 1.12. The number of carbonyl (C=O) groups excluding carboxylic acids is 2. The minimum atomic E-state index is -1.97. The Morgan fingerprint density at radius 2 is 1.90 bits per heavy atom. The number of ether oxygens (including phenoxy) is 3. The molecule has 4 atom stereocenters. The van der Waals surface area contributed by atoms with Crippen LogP contribution in [0.15, 0.2) is 23.8 Å². The second-order valence-corrected chi connectivity index (χ2v) is 14.5. The van der Waals surface area contributed by atoms with Gasteiger partial charge in [0.1, 0.15) is 6.10 Å². The Kier molecular flexibility index (Phi) is 8.07. The standard InChI is InChI=1S/C31H43NO7S/c1-19(2)40-25(33)17-31(36,11-6-9-29(4,5)35)28(34)39-27-20(3)16-30-10-7-12-32(30)13-8-21-14-23-24(38-18-37-23)15-22(21)26(27)30/h14-16,19,26-27,35-36H,6-13,17-18H2,1-5H3/t26-,27?,30-,31+/m1/s1. The van der Waals surface area contributed by atoms with Crippen LogP contribution in [0.2, 0.25) is 0 Å². The molecule has 1 saturated heterocycles. The largest absolute Gasteiger partial charge is 0.455 e. The van der Waals surface area contributed by atoms with Crippen molar-refractivity contribution in [3.05, 3.63) is 34.9 Å². The molecule has 0 saturated carbocycles. The molecule has 2 N–H and O–H groups in total. The molecule has 40 heavy (non-hydrogen) atoms. The average molecular weight is 574 g/mol. The minimum Gasteiger partial charge on any atom is -0.455 e. The van der Waals surface area contributed by atoms with Crippen LogP contribution < -0.4 is 9.47 Å². The van der Waals surface area contributed by atoms with E-state index < -0.39 is 23.3 Å². The number of fused-ring (bicyclic) bond motifs is 3. The first-order valence-electron chi connectivity index (χ1n) is 14.5. The van der Waals surface area contributed by atoms with Gasteiger partial charge in [0.2, 0.25) is 6.79 Å². The molecule has 1 fully saturated rings. The van der Waals surface area contributed by atoms with E-state index >= 15 is 0 Å². The van der Waals surface area contributed by atoms with Crippen LogP contribution >= 0.6 is 11.8 Å². The molecule has 1 spiro atoms. The maximum atomic E-state index is 13.9. The van der Waals surface area contributed by atoms with Crippen molar-refractivity contribution < 1.29 is 34.0 Å². The molecule has 9 heteroatoms. The molecule has 5 rings (SSSR count). The zero-order valence-corrected chi connectivity index (χ0v) is 25.1. The Morgan fingerprint density at radius 3 is 2.60 bits per heavy atom. The van der Waals surface area contributed by atoms with Crippen LogP contribution in [0.5, 0.6) is 11.5 Å². The van der Waals surface area contributed by atoms with E-state index in [9.17, 15) is 19.8 Å². The lowest BCUT2D eigenvalue weighted by Gasteiger charge is -2.40. The summed E-state index contributed by atoms with van der Waals surface area (Å²) in [6, 6.07) is 4.12. The molecule has 1 unspecified atom stereocenters. The third-order valence-electron chi connectivity index (χ3n) is 8.78. The highest BCUT2D eigenvalue weighted by Gasteiger charge is 2.57. The van der Waals surface area contributed by atoms with Crippen molar-refractivity contribution in [1.29, 1.82) is 0 Å². The zero-order chi connectivity index (χ0) is 28.9. The van der Waals surface area contributed by atoms with E-state index in [1.165, 1.54) is 0 Å². The number of esters is 1. The first kappa shape index (κ1) is 29.4. The quantitative estimate of drug-likeness (QED) is 0.326. The molecule has 0 amide bonds. The molecule has 1 aromatic carbocycles. The van der Waals surface area contributed by atoms with Crippen molar-refractivity contribution in [1.82, 2.24) is 4.90 Å². The van der Waals surface area contributed by atoms with E-state index in [1.807, 2.05) is 20.8 Å². The Morgan fingerprint density at radius 1 is 1.18 bits per heavy atom. The number of rotatable bonds is 9. The number of thioether (sulfide) groups is 1. The summed E-state index contributed by atoms with van der Waals surface area (Å²) in [6.45, 7) is 11.3. The van der Waals surface area contributed by atoms with E-state index in [0.717, 1.165) is 66.6 Å². The molecule has 4 aliphatic rings. The summed E-state index contributed by atoms with van der Waals surface area (Å²) in [5, 5.41) is 21.7. The van der Waals surface area contributed by atoms with E-state index in [-0.39, 0.29) is 41.5 Å². The van der Waals surface area contributed by atoms with E-state index in [1.54, 1.807) is 13.8 Å². The van der Waals surface area contributed by atoms with Gasteiger partial charge in [-0.3, -0.25) is 9.69 Å². The fraction of sp³-hybridized carbons (Fsp3) is 0.677. The van der Waals surface area contributed by atoms with Gasteiger partial charge in [0, 0.05) is 17.7 Å². The Balaban J connectivity index is 1.47. The van der Waals surface area contributed by atoms with Crippen LogP contribution in [0.3, 0.4) is 0 Å². The lowest BCUT2D eigenvalue weighted by Crippen LogP contribution is -2.49.